The minimum Gasteiger partial charge on any atom is -0.353 e. The number of hydrogen-bond donors (Lipinski definition) is 0. The summed E-state index contributed by atoms with van der Waals surface area (Å²) < 4.78 is 0. The Balaban J connectivity index is 1.46. The average molecular weight is 357 g/mol. The van der Waals surface area contributed by atoms with Gasteiger partial charge in [0.15, 0.2) is 0 Å². The molecule has 1 fully saturated rings. The molecule has 1 aliphatic rings. The molecule has 2 aromatic carbocycles. The van der Waals surface area contributed by atoms with Crippen molar-refractivity contribution in [3.8, 4) is 0 Å². The van der Waals surface area contributed by atoms with Crippen LogP contribution in [0.4, 0.5) is 5.82 Å². The van der Waals surface area contributed by atoms with Gasteiger partial charge in [-0.15, -0.1) is 0 Å². The van der Waals surface area contributed by atoms with Crippen LogP contribution in [0.15, 0.2) is 79.0 Å². The highest BCUT2D eigenvalue weighted by molar-refractivity contribution is 5.96. The fraction of sp³-hybridized carbons (Fsp3) is 0.217. The van der Waals surface area contributed by atoms with Crippen molar-refractivity contribution in [3.63, 3.8) is 0 Å². The smallest absolute Gasteiger partial charge is 0.254 e. The van der Waals surface area contributed by atoms with Gasteiger partial charge in [-0.3, -0.25) is 4.79 Å². The lowest BCUT2D eigenvalue weighted by Crippen LogP contribution is -2.49. The Morgan fingerprint density at radius 3 is 2.26 bits per heavy atom. The van der Waals surface area contributed by atoms with Crippen molar-refractivity contribution >= 4 is 11.7 Å². The molecule has 1 amide bonds. The van der Waals surface area contributed by atoms with Gasteiger partial charge < -0.3 is 9.80 Å². The van der Waals surface area contributed by atoms with Gasteiger partial charge in [0, 0.05) is 37.9 Å². The molecule has 2 heterocycles. The van der Waals surface area contributed by atoms with E-state index >= 15 is 0 Å². The quantitative estimate of drug-likeness (QED) is 0.715. The van der Waals surface area contributed by atoms with Crippen LogP contribution in [0.1, 0.15) is 21.5 Å². The molecule has 0 aliphatic carbocycles. The molecule has 27 heavy (non-hydrogen) atoms. The molecule has 4 nitrogen and oxygen atoms in total. The molecule has 0 bridgehead atoms. The molecule has 4 heteroatoms. The van der Waals surface area contributed by atoms with Crippen molar-refractivity contribution in [2.45, 2.75) is 6.42 Å². The zero-order valence-corrected chi connectivity index (χ0v) is 15.3. The van der Waals surface area contributed by atoms with E-state index in [0.717, 1.165) is 49.5 Å². The Hall–Kier alpha value is -3.14. The molecule has 1 aliphatic heterocycles. The Morgan fingerprint density at radius 1 is 0.815 bits per heavy atom. The molecular formula is C23H23N3O. The number of rotatable bonds is 4. The summed E-state index contributed by atoms with van der Waals surface area (Å²) in [6.45, 7) is 3.05. The molecular weight excluding hydrogens is 334 g/mol. The van der Waals surface area contributed by atoms with E-state index in [1.807, 2.05) is 65.7 Å². The van der Waals surface area contributed by atoms with Gasteiger partial charge in [-0.2, -0.15) is 0 Å². The van der Waals surface area contributed by atoms with Crippen LogP contribution < -0.4 is 4.90 Å². The highest BCUT2D eigenvalue weighted by atomic mass is 16.2. The monoisotopic (exact) mass is 357 g/mol. The van der Waals surface area contributed by atoms with Crippen molar-refractivity contribution in [1.82, 2.24) is 9.88 Å². The Morgan fingerprint density at radius 2 is 1.52 bits per heavy atom. The van der Waals surface area contributed by atoms with Gasteiger partial charge in [-0.05, 0) is 35.7 Å². The van der Waals surface area contributed by atoms with Crippen molar-refractivity contribution in [2.75, 3.05) is 31.1 Å². The van der Waals surface area contributed by atoms with Crippen LogP contribution in [0.25, 0.3) is 0 Å². The molecule has 0 unspecified atom stereocenters. The fourth-order valence-electron chi connectivity index (χ4n) is 3.55. The largest absolute Gasteiger partial charge is 0.353 e. The van der Waals surface area contributed by atoms with Crippen molar-refractivity contribution in [1.29, 1.82) is 0 Å². The first-order valence-corrected chi connectivity index (χ1v) is 9.38. The van der Waals surface area contributed by atoms with E-state index in [1.54, 1.807) is 0 Å². The summed E-state index contributed by atoms with van der Waals surface area (Å²) in [7, 11) is 0. The normalized spacial score (nSPS) is 14.2. The van der Waals surface area contributed by atoms with Gasteiger partial charge in [0.05, 0.1) is 0 Å². The maximum Gasteiger partial charge on any atom is 0.254 e. The number of hydrogen-bond acceptors (Lipinski definition) is 3. The lowest BCUT2D eigenvalue weighted by molar-refractivity contribution is 0.0745. The minimum absolute atomic E-state index is 0.127. The van der Waals surface area contributed by atoms with E-state index in [4.69, 9.17) is 0 Å². The van der Waals surface area contributed by atoms with Gasteiger partial charge in [0.2, 0.25) is 0 Å². The van der Waals surface area contributed by atoms with Crippen molar-refractivity contribution < 1.29 is 4.79 Å². The average Bonchev–Trinajstić information content (AvgIpc) is 2.75. The topological polar surface area (TPSA) is 36.4 Å². The molecule has 0 spiro atoms. The Bertz CT molecular complexity index is 888. The molecule has 0 atom stereocenters. The van der Waals surface area contributed by atoms with Gasteiger partial charge >= 0.3 is 0 Å². The third-order valence-corrected chi connectivity index (χ3v) is 5.03. The summed E-state index contributed by atoms with van der Waals surface area (Å²) in [6.07, 6.45) is 2.59. The molecule has 0 saturated carbocycles. The maximum atomic E-state index is 13.1. The van der Waals surface area contributed by atoms with E-state index in [1.165, 1.54) is 5.56 Å². The molecule has 4 rings (SSSR count). The van der Waals surface area contributed by atoms with Gasteiger partial charge in [-0.1, -0.05) is 54.6 Å². The number of anilines is 1. The highest BCUT2D eigenvalue weighted by Crippen LogP contribution is 2.19. The van der Waals surface area contributed by atoms with E-state index < -0.39 is 0 Å². The summed E-state index contributed by atoms with van der Waals surface area (Å²) in [5.74, 6) is 1.11. The van der Waals surface area contributed by atoms with E-state index in [0.29, 0.717) is 0 Å². The first-order chi connectivity index (χ1) is 13.3. The van der Waals surface area contributed by atoms with E-state index in [9.17, 15) is 4.79 Å². The summed E-state index contributed by atoms with van der Waals surface area (Å²) in [4.78, 5) is 21.8. The van der Waals surface area contributed by atoms with Crippen LogP contribution in [0.3, 0.4) is 0 Å². The highest BCUT2D eigenvalue weighted by Gasteiger charge is 2.24. The zero-order chi connectivity index (χ0) is 18.5. The van der Waals surface area contributed by atoms with Gasteiger partial charge in [-0.25, -0.2) is 4.98 Å². The molecule has 0 N–H and O–H groups in total. The first-order valence-electron chi connectivity index (χ1n) is 9.38. The number of pyridine rings is 1. The van der Waals surface area contributed by atoms with Crippen LogP contribution >= 0.6 is 0 Å². The van der Waals surface area contributed by atoms with Crippen molar-refractivity contribution in [3.05, 3.63) is 95.7 Å². The van der Waals surface area contributed by atoms with E-state index in [-0.39, 0.29) is 5.91 Å². The summed E-state index contributed by atoms with van der Waals surface area (Å²) in [5.41, 5.74) is 3.12. The van der Waals surface area contributed by atoms with Crippen LogP contribution in [-0.2, 0) is 6.42 Å². The van der Waals surface area contributed by atoms with Crippen molar-refractivity contribution in [2.24, 2.45) is 0 Å². The molecule has 1 aromatic heterocycles. The third-order valence-electron chi connectivity index (χ3n) is 5.03. The third kappa shape index (κ3) is 4.00. The summed E-state index contributed by atoms with van der Waals surface area (Å²) in [6, 6.07) is 24.2. The zero-order valence-electron chi connectivity index (χ0n) is 15.3. The van der Waals surface area contributed by atoms with Gasteiger partial charge in [0.1, 0.15) is 5.82 Å². The number of amides is 1. The lowest BCUT2D eigenvalue weighted by atomic mass is 9.99. The predicted octanol–water partition coefficient (Wildman–Crippen LogP) is 3.63. The van der Waals surface area contributed by atoms with E-state index in [2.05, 4.69) is 28.1 Å². The second-order valence-corrected chi connectivity index (χ2v) is 6.79. The van der Waals surface area contributed by atoms with Crippen LogP contribution in [0.5, 0.6) is 0 Å². The molecule has 1 saturated heterocycles. The standard InChI is InChI=1S/C23H23N3O/c27-23(26-16-14-25(15-17-26)22-12-6-7-13-24-22)21-11-5-4-10-20(21)18-19-8-2-1-3-9-19/h1-13H,14-18H2. The number of piperazine rings is 1. The van der Waals surface area contributed by atoms with Crippen LogP contribution in [0, 0.1) is 0 Å². The number of carbonyl (C=O) groups excluding carboxylic acids is 1. The number of benzene rings is 2. The lowest BCUT2D eigenvalue weighted by Gasteiger charge is -2.35. The Kier molecular flexibility index (Phi) is 5.15. The Labute approximate surface area is 160 Å². The summed E-state index contributed by atoms with van der Waals surface area (Å²) >= 11 is 0. The molecule has 0 radical (unpaired) electrons. The van der Waals surface area contributed by atoms with Crippen LogP contribution in [0.2, 0.25) is 0 Å². The second kappa shape index (κ2) is 8.04. The fourth-order valence-corrected chi connectivity index (χ4v) is 3.55. The maximum absolute atomic E-state index is 13.1. The second-order valence-electron chi connectivity index (χ2n) is 6.79. The van der Waals surface area contributed by atoms with Gasteiger partial charge in [0.25, 0.3) is 5.91 Å². The predicted molar refractivity (Wildman–Crippen MR) is 108 cm³/mol. The molecule has 136 valence electrons. The number of aromatic nitrogens is 1. The SMILES string of the molecule is O=C(c1ccccc1Cc1ccccc1)N1CCN(c2ccccn2)CC1. The molecule has 3 aromatic rings. The first kappa shape index (κ1) is 17.3. The van der Waals surface area contributed by atoms with Crippen LogP contribution in [-0.4, -0.2) is 42.0 Å². The number of carbonyl (C=O) groups is 1. The minimum atomic E-state index is 0.127. The number of nitrogens with zero attached hydrogens (tertiary/aromatic N) is 3. The summed E-state index contributed by atoms with van der Waals surface area (Å²) in [5, 5.41) is 0.